The number of likely N-dealkylation sites (tertiary alicyclic amines) is 1. The normalized spacial score (nSPS) is 17.0. The Morgan fingerprint density at radius 3 is 2.89 bits per heavy atom. The molecule has 1 N–H and O–H groups in total. The Morgan fingerprint density at radius 2 is 2.11 bits per heavy atom. The Bertz CT molecular complexity index is 799. The molecule has 3 rings (SSSR count). The van der Waals surface area contributed by atoms with Gasteiger partial charge in [-0.3, -0.25) is 4.79 Å². The number of nitrogens with one attached hydrogen (secondary N) is 1. The number of carbonyl (C=O) groups is 2. The van der Waals surface area contributed by atoms with Gasteiger partial charge in [0.2, 0.25) is 0 Å². The number of esters is 1. The van der Waals surface area contributed by atoms with Crippen molar-refractivity contribution in [2.24, 2.45) is 0 Å². The molecule has 2 aromatic rings. The van der Waals surface area contributed by atoms with Crippen LogP contribution in [0.15, 0.2) is 36.5 Å². The highest BCUT2D eigenvalue weighted by Crippen LogP contribution is 2.23. The van der Waals surface area contributed by atoms with Crippen molar-refractivity contribution in [2.45, 2.75) is 32.3 Å². The molecule has 1 atom stereocenters. The van der Waals surface area contributed by atoms with Crippen LogP contribution >= 0.6 is 0 Å². The zero-order valence-electron chi connectivity index (χ0n) is 15.9. The summed E-state index contributed by atoms with van der Waals surface area (Å²) in [7, 11) is 1.35. The summed E-state index contributed by atoms with van der Waals surface area (Å²) in [5.41, 5.74) is 2.75. The maximum atomic E-state index is 13.0. The number of methoxy groups -OCH3 is 1. The molecule has 1 aliphatic heterocycles. The third kappa shape index (κ3) is 4.57. The van der Waals surface area contributed by atoms with Gasteiger partial charge < -0.3 is 19.4 Å². The van der Waals surface area contributed by atoms with Gasteiger partial charge >= 0.3 is 5.97 Å². The molecule has 1 amide bonds. The van der Waals surface area contributed by atoms with E-state index in [2.05, 4.69) is 11.9 Å². The van der Waals surface area contributed by atoms with E-state index in [0.29, 0.717) is 17.8 Å². The second kappa shape index (κ2) is 8.86. The third-order valence-electron chi connectivity index (χ3n) is 4.75. The lowest BCUT2D eigenvalue weighted by atomic mass is 10.0. The van der Waals surface area contributed by atoms with Gasteiger partial charge in [-0.1, -0.05) is 19.1 Å². The Labute approximate surface area is 159 Å². The van der Waals surface area contributed by atoms with Crippen LogP contribution in [0.1, 0.15) is 47.0 Å². The SMILES string of the molecule is CCCO[C@H]1CCCN(C(=O)c2cccc(-c3c[nH]c(C(=O)OC)c3)c2)C1. The maximum absolute atomic E-state index is 13.0. The zero-order valence-corrected chi connectivity index (χ0v) is 15.9. The molecule has 0 radical (unpaired) electrons. The van der Waals surface area contributed by atoms with E-state index in [1.807, 2.05) is 29.2 Å². The Kier molecular flexibility index (Phi) is 6.29. The number of aromatic nitrogens is 1. The molecule has 1 aliphatic rings. The Hall–Kier alpha value is -2.60. The van der Waals surface area contributed by atoms with Crippen molar-refractivity contribution < 1.29 is 19.1 Å². The van der Waals surface area contributed by atoms with E-state index in [-0.39, 0.29) is 12.0 Å². The molecule has 0 aliphatic carbocycles. The lowest BCUT2D eigenvalue weighted by molar-refractivity contribution is 0.00211. The minimum Gasteiger partial charge on any atom is -0.464 e. The van der Waals surface area contributed by atoms with Crippen LogP contribution in [-0.2, 0) is 9.47 Å². The first kappa shape index (κ1) is 19.2. The van der Waals surface area contributed by atoms with E-state index in [1.165, 1.54) is 7.11 Å². The Morgan fingerprint density at radius 1 is 1.26 bits per heavy atom. The molecule has 6 heteroatoms. The van der Waals surface area contributed by atoms with Gasteiger partial charge in [0.1, 0.15) is 5.69 Å². The monoisotopic (exact) mass is 370 g/mol. The summed E-state index contributed by atoms with van der Waals surface area (Å²) in [6.07, 6.45) is 4.81. The fourth-order valence-electron chi connectivity index (χ4n) is 3.35. The highest BCUT2D eigenvalue weighted by Gasteiger charge is 2.25. The number of hydrogen-bond acceptors (Lipinski definition) is 4. The molecule has 0 unspecified atom stereocenters. The number of aromatic amines is 1. The maximum Gasteiger partial charge on any atom is 0.354 e. The predicted molar refractivity (Wildman–Crippen MR) is 103 cm³/mol. The van der Waals surface area contributed by atoms with Crippen molar-refractivity contribution in [3.8, 4) is 11.1 Å². The van der Waals surface area contributed by atoms with Gasteiger partial charge in [-0.15, -0.1) is 0 Å². The summed E-state index contributed by atoms with van der Waals surface area (Å²) in [5.74, 6) is -0.398. The van der Waals surface area contributed by atoms with E-state index in [4.69, 9.17) is 9.47 Å². The number of rotatable bonds is 6. The topological polar surface area (TPSA) is 71.6 Å². The van der Waals surface area contributed by atoms with Crippen LogP contribution in [0.25, 0.3) is 11.1 Å². The second-order valence-electron chi connectivity index (χ2n) is 6.76. The fourth-order valence-corrected chi connectivity index (χ4v) is 3.35. The van der Waals surface area contributed by atoms with Crippen molar-refractivity contribution in [2.75, 3.05) is 26.8 Å². The summed E-state index contributed by atoms with van der Waals surface area (Å²) in [6.45, 7) is 4.22. The van der Waals surface area contributed by atoms with Gasteiger partial charge in [0.05, 0.1) is 13.2 Å². The number of ether oxygens (including phenoxy) is 2. The summed E-state index contributed by atoms with van der Waals surface area (Å²) in [6, 6.07) is 9.21. The summed E-state index contributed by atoms with van der Waals surface area (Å²) in [4.78, 5) is 29.4. The molecule has 6 nitrogen and oxygen atoms in total. The first-order valence-corrected chi connectivity index (χ1v) is 9.40. The molecule has 1 aromatic carbocycles. The molecule has 0 bridgehead atoms. The van der Waals surface area contributed by atoms with E-state index in [9.17, 15) is 9.59 Å². The smallest absolute Gasteiger partial charge is 0.354 e. The lowest BCUT2D eigenvalue weighted by Crippen LogP contribution is -2.43. The molecule has 0 spiro atoms. The quantitative estimate of drug-likeness (QED) is 0.790. The van der Waals surface area contributed by atoms with Crippen molar-refractivity contribution in [3.63, 3.8) is 0 Å². The zero-order chi connectivity index (χ0) is 19.2. The van der Waals surface area contributed by atoms with Crippen LogP contribution in [0, 0.1) is 0 Å². The average Bonchev–Trinajstić information content (AvgIpc) is 3.22. The van der Waals surface area contributed by atoms with Gasteiger partial charge in [-0.05, 0) is 43.0 Å². The molecular formula is C21H26N2O4. The van der Waals surface area contributed by atoms with E-state index in [0.717, 1.165) is 43.5 Å². The van der Waals surface area contributed by atoms with Crippen LogP contribution in [0.3, 0.4) is 0 Å². The highest BCUT2D eigenvalue weighted by molar-refractivity contribution is 5.96. The minimum atomic E-state index is -0.417. The molecular weight excluding hydrogens is 344 g/mol. The number of amides is 1. The molecule has 1 fully saturated rings. The minimum absolute atomic E-state index is 0.0189. The molecule has 2 heterocycles. The first-order valence-electron chi connectivity index (χ1n) is 9.40. The number of H-pyrrole nitrogens is 1. The van der Waals surface area contributed by atoms with Crippen molar-refractivity contribution in [1.29, 1.82) is 0 Å². The first-order chi connectivity index (χ1) is 13.1. The third-order valence-corrected chi connectivity index (χ3v) is 4.75. The molecule has 1 aromatic heterocycles. The van der Waals surface area contributed by atoms with Gasteiger partial charge in [0, 0.05) is 37.0 Å². The number of hydrogen-bond donors (Lipinski definition) is 1. The summed E-state index contributed by atoms with van der Waals surface area (Å²) >= 11 is 0. The fraction of sp³-hybridized carbons (Fsp3) is 0.429. The van der Waals surface area contributed by atoms with E-state index in [1.54, 1.807) is 12.3 Å². The number of nitrogens with zero attached hydrogens (tertiary/aromatic N) is 1. The van der Waals surface area contributed by atoms with Crippen LogP contribution in [-0.4, -0.2) is 54.7 Å². The molecule has 0 saturated carbocycles. The van der Waals surface area contributed by atoms with Crippen LogP contribution in [0.4, 0.5) is 0 Å². The number of benzene rings is 1. The lowest BCUT2D eigenvalue weighted by Gasteiger charge is -2.32. The standard InChI is InChI=1S/C21H26N2O4/c1-3-10-27-18-8-5-9-23(14-18)20(24)16-7-4-6-15(11-16)17-12-19(22-13-17)21(25)26-2/h4,6-7,11-13,18,22H,3,5,8-10,14H2,1-2H3/t18-/m0/s1. The highest BCUT2D eigenvalue weighted by atomic mass is 16.5. The average molecular weight is 370 g/mol. The number of carbonyl (C=O) groups excluding carboxylic acids is 2. The van der Waals surface area contributed by atoms with Gasteiger partial charge in [0.25, 0.3) is 5.91 Å². The number of piperidine rings is 1. The van der Waals surface area contributed by atoms with Crippen LogP contribution < -0.4 is 0 Å². The van der Waals surface area contributed by atoms with Crippen molar-refractivity contribution >= 4 is 11.9 Å². The largest absolute Gasteiger partial charge is 0.464 e. The van der Waals surface area contributed by atoms with Gasteiger partial charge in [-0.2, -0.15) is 0 Å². The second-order valence-corrected chi connectivity index (χ2v) is 6.76. The van der Waals surface area contributed by atoms with E-state index < -0.39 is 5.97 Å². The molecule has 27 heavy (non-hydrogen) atoms. The molecule has 144 valence electrons. The van der Waals surface area contributed by atoms with Crippen LogP contribution in [0.2, 0.25) is 0 Å². The molecule has 1 saturated heterocycles. The Balaban J connectivity index is 1.74. The van der Waals surface area contributed by atoms with Gasteiger partial charge in [-0.25, -0.2) is 4.79 Å². The van der Waals surface area contributed by atoms with Crippen LogP contribution in [0.5, 0.6) is 0 Å². The van der Waals surface area contributed by atoms with E-state index >= 15 is 0 Å². The van der Waals surface area contributed by atoms with Crippen molar-refractivity contribution in [1.82, 2.24) is 9.88 Å². The van der Waals surface area contributed by atoms with Crippen molar-refractivity contribution in [3.05, 3.63) is 47.8 Å². The summed E-state index contributed by atoms with van der Waals surface area (Å²) in [5, 5.41) is 0. The van der Waals surface area contributed by atoms with Gasteiger partial charge in [0.15, 0.2) is 0 Å². The summed E-state index contributed by atoms with van der Waals surface area (Å²) < 4.78 is 10.6. The predicted octanol–water partition coefficient (Wildman–Crippen LogP) is 3.50.